The third kappa shape index (κ3) is 3.23. The molecule has 0 saturated carbocycles. The van der Waals surface area contributed by atoms with Gasteiger partial charge >= 0.3 is 5.97 Å². The van der Waals surface area contributed by atoms with Gasteiger partial charge in [-0.2, -0.15) is 0 Å². The van der Waals surface area contributed by atoms with Gasteiger partial charge in [0.1, 0.15) is 5.82 Å². The first kappa shape index (κ1) is 13.8. The molecule has 0 aliphatic rings. The standard InChI is InChI=1S/C14H18N2O2S/c1-10(2)16(8-3-4-13(17)18)14-11-6-9-19-12(11)5-7-15-14/h5-7,9-10H,3-4,8H2,1-2H3,(H,17,18). The van der Waals surface area contributed by atoms with Crippen LogP contribution in [0.25, 0.3) is 10.1 Å². The molecule has 102 valence electrons. The molecule has 0 spiro atoms. The molecule has 0 amide bonds. The number of pyridine rings is 1. The second-order valence-electron chi connectivity index (χ2n) is 4.75. The molecule has 2 aromatic heterocycles. The molecule has 2 rings (SSSR count). The van der Waals surface area contributed by atoms with Gasteiger partial charge < -0.3 is 10.0 Å². The van der Waals surface area contributed by atoms with Gasteiger partial charge in [-0.3, -0.25) is 4.79 Å². The number of thiophene rings is 1. The van der Waals surface area contributed by atoms with Crippen LogP contribution in [-0.4, -0.2) is 28.6 Å². The summed E-state index contributed by atoms with van der Waals surface area (Å²) < 4.78 is 1.22. The predicted octanol–water partition coefficient (Wildman–Crippen LogP) is 3.38. The maximum atomic E-state index is 10.6. The molecular weight excluding hydrogens is 260 g/mol. The maximum absolute atomic E-state index is 10.6. The molecule has 0 aliphatic heterocycles. The number of carboxylic acid groups (broad SMARTS) is 1. The first-order valence-electron chi connectivity index (χ1n) is 6.40. The number of aliphatic carboxylic acids is 1. The summed E-state index contributed by atoms with van der Waals surface area (Å²) >= 11 is 1.70. The zero-order chi connectivity index (χ0) is 13.8. The lowest BCUT2D eigenvalue weighted by Gasteiger charge is -2.28. The Labute approximate surface area is 116 Å². The summed E-state index contributed by atoms with van der Waals surface area (Å²) in [5.74, 6) is 0.213. The molecule has 5 heteroatoms. The minimum atomic E-state index is -0.745. The number of rotatable bonds is 6. The Balaban J connectivity index is 2.23. The molecule has 2 aromatic rings. The summed E-state index contributed by atoms with van der Waals surface area (Å²) in [6.45, 7) is 4.92. The van der Waals surface area contributed by atoms with E-state index >= 15 is 0 Å². The average molecular weight is 278 g/mol. The summed E-state index contributed by atoms with van der Waals surface area (Å²) in [7, 11) is 0. The SMILES string of the molecule is CC(C)N(CCCC(=O)O)c1nccc2sccc12. The summed E-state index contributed by atoms with van der Waals surface area (Å²) in [4.78, 5) is 17.3. The van der Waals surface area contributed by atoms with Crippen LogP contribution >= 0.6 is 11.3 Å². The second-order valence-corrected chi connectivity index (χ2v) is 5.70. The summed E-state index contributed by atoms with van der Waals surface area (Å²) in [5, 5.41) is 12.0. The van der Waals surface area contributed by atoms with Crippen LogP contribution in [0.15, 0.2) is 23.7 Å². The van der Waals surface area contributed by atoms with Crippen LogP contribution in [-0.2, 0) is 4.79 Å². The largest absolute Gasteiger partial charge is 0.481 e. The van der Waals surface area contributed by atoms with E-state index in [1.807, 2.05) is 12.3 Å². The topological polar surface area (TPSA) is 53.4 Å². The molecule has 0 bridgehead atoms. The third-order valence-electron chi connectivity index (χ3n) is 3.04. The molecule has 1 N–H and O–H groups in total. The van der Waals surface area contributed by atoms with Crippen molar-refractivity contribution in [2.24, 2.45) is 0 Å². The Morgan fingerprint density at radius 3 is 2.95 bits per heavy atom. The fourth-order valence-corrected chi connectivity index (χ4v) is 2.89. The monoisotopic (exact) mass is 278 g/mol. The van der Waals surface area contributed by atoms with E-state index in [0.717, 1.165) is 11.2 Å². The molecule has 4 nitrogen and oxygen atoms in total. The van der Waals surface area contributed by atoms with Crippen molar-refractivity contribution < 1.29 is 9.90 Å². The fourth-order valence-electron chi connectivity index (χ4n) is 2.12. The molecule has 0 fully saturated rings. The first-order valence-corrected chi connectivity index (χ1v) is 7.28. The van der Waals surface area contributed by atoms with E-state index in [0.29, 0.717) is 19.0 Å². The molecule has 0 saturated heterocycles. The summed E-state index contributed by atoms with van der Waals surface area (Å²) in [6.07, 6.45) is 2.65. The highest BCUT2D eigenvalue weighted by Crippen LogP contribution is 2.29. The van der Waals surface area contributed by atoms with Gasteiger partial charge in [-0.05, 0) is 37.8 Å². The van der Waals surface area contributed by atoms with Crippen molar-refractivity contribution in [3.8, 4) is 0 Å². The maximum Gasteiger partial charge on any atom is 0.303 e. The number of aromatic nitrogens is 1. The highest BCUT2D eigenvalue weighted by molar-refractivity contribution is 7.17. The van der Waals surface area contributed by atoms with E-state index in [9.17, 15) is 4.79 Å². The van der Waals surface area contributed by atoms with Gasteiger partial charge in [-0.1, -0.05) is 0 Å². The Kier molecular flexibility index (Phi) is 4.37. The van der Waals surface area contributed by atoms with Crippen LogP contribution in [0.4, 0.5) is 5.82 Å². The zero-order valence-corrected chi connectivity index (χ0v) is 12.0. The van der Waals surface area contributed by atoms with Crippen molar-refractivity contribution >= 4 is 33.2 Å². The van der Waals surface area contributed by atoms with Crippen LogP contribution in [0.3, 0.4) is 0 Å². The van der Waals surface area contributed by atoms with Crippen molar-refractivity contribution in [3.63, 3.8) is 0 Å². The van der Waals surface area contributed by atoms with E-state index in [-0.39, 0.29) is 6.42 Å². The molecule has 0 aliphatic carbocycles. The minimum absolute atomic E-state index is 0.197. The second kappa shape index (κ2) is 6.02. The van der Waals surface area contributed by atoms with E-state index in [1.54, 1.807) is 11.3 Å². The summed E-state index contributed by atoms with van der Waals surface area (Å²) in [5.41, 5.74) is 0. The van der Waals surface area contributed by atoms with Crippen molar-refractivity contribution in [1.82, 2.24) is 4.98 Å². The fraction of sp³-hybridized carbons (Fsp3) is 0.429. The van der Waals surface area contributed by atoms with Crippen LogP contribution in [0.2, 0.25) is 0 Å². The molecule has 0 aromatic carbocycles. The number of fused-ring (bicyclic) bond motifs is 1. The minimum Gasteiger partial charge on any atom is -0.481 e. The average Bonchev–Trinajstić information content (AvgIpc) is 2.82. The van der Waals surface area contributed by atoms with Gasteiger partial charge in [0.2, 0.25) is 0 Å². The van der Waals surface area contributed by atoms with Crippen LogP contribution < -0.4 is 4.90 Å². The Hall–Kier alpha value is -1.62. The molecule has 2 heterocycles. The van der Waals surface area contributed by atoms with Crippen molar-refractivity contribution in [3.05, 3.63) is 23.7 Å². The van der Waals surface area contributed by atoms with E-state index in [1.165, 1.54) is 4.70 Å². The lowest BCUT2D eigenvalue weighted by Crippen LogP contribution is -2.32. The van der Waals surface area contributed by atoms with Gasteiger partial charge in [0, 0.05) is 35.3 Å². The van der Waals surface area contributed by atoms with Gasteiger partial charge in [-0.15, -0.1) is 11.3 Å². The Bertz CT molecular complexity index is 565. The molecule has 0 atom stereocenters. The predicted molar refractivity (Wildman–Crippen MR) is 79.0 cm³/mol. The Morgan fingerprint density at radius 2 is 2.26 bits per heavy atom. The van der Waals surface area contributed by atoms with Crippen molar-refractivity contribution in [1.29, 1.82) is 0 Å². The van der Waals surface area contributed by atoms with Gasteiger partial charge in [-0.25, -0.2) is 4.98 Å². The molecular formula is C14H18N2O2S. The van der Waals surface area contributed by atoms with Crippen LogP contribution in [0.1, 0.15) is 26.7 Å². The zero-order valence-electron chi connectivity index (χ0n) is 11.2. The quantitative estimate of drug-likeness (QED) is 0.880. The Morgan fingerprint density at radius 1 is 1.47 bits per heavy atom. The van der Waals surface area contributed by atoms with Crippen molar-refractivity contribution in [2.45, 2.75) is 32.7 Å². The third-order valence-corrected chi connectivity index (χ3v) is 3.93. The van der Waals surface area contributed by atoms with Gasteiger partial charge in [0.15, 0.2) is 0 Å². The smallest absolute Gasteiger partial charge is 0.303 e. The van der Waals surface area contributed by atoms with Crippen LogP contribution in [0.5, 0.6) is 0 Å². The normalized spacial score (nSPS) is 11.1. The molecule has 19 heavy (non-hydrogen) atoms. The first-order chi connectivity index (χ1) is 9.09. The lowest BCUT2D eigenvalue weighted by molar-refractivity contribution is -0.137. The van der Waals surface area contributed by atoms with E-state index in [2.05, 4.69) is 35.2 Å². The van der Waals surface area contributed by atoms with Crippen LogP contribution in [0, 0.1) is 0 Å². The molecule has 0 unspecified atom stereocenters. The van der Waals surface area contributed by atoms with E-state index in [4.69, 9.17) is 5.11 Å². The number of carbonyl (C=O) groups is 1. The number of anilines is 1. The van der Waals surface area contributed by atoms with Gasteiger partial charge in [0.05, 0.1) is 0 Å². The number of nitrogens with zero attached hydrogens (tertiary/aromatic N) is 2. The highest BCUT2D eigenvalue weighted by atomic mass is 32.1. The van der Waals surface area contributed by atoms with E-state index < -0.39 is 5.97 Å². The van der Waals surface area contributed by atoms with Crippen molar-refractivity contribution in [2.75, 3.05) is 11.4 Å². The molecule has 0 radical (unpaired) electrons. The van der Waals surface area contributed by atoms with Gasteiger partial charge in [0.25, 0.3) is 0 Å². The highest BCUT2D eigenvalue weighted by Gasteiger charge is 2.15. The number of hydrogen-bond donors (Lipinski definition) is 1. The number of carboxylic acids is 1. The summed E-state index contributed by atoms with van der Waals surface area (Å²) in [6, 6.07) is 4.39. The number of hydrogen-bond acceptors (Lipinski definition) is 4. The lowest BCUT2D eigenvalue weighted by atomic mass is 10.2.